The summed E-state index contributed by atoms with van der Waals surface area (Å²) in [5.41, 5.74) is 2.10. The average molecular weight is 409 g/mol. The van der Waals surface area contributed by atoms with Crippen LogP contribution >= 0.6 is 0 Å². The highest BCUT2D eigenvalue weighted by molar-refractivity contribution is 5.88. The van der Waals surface area contributed by atoms with Gasteiger partial charge in [-0.25, -0.2) is 4.98 Å². The molecule has 2 aliphatic rings. The predicted octanol–water partition coefficient (Wildman–Crippen LogP) is 3.50. The van der Waals surface area contributed by atoms with Crippen molar-refractivity contribution in [3.8, 4) is 0 Å². The van der Waals surface area contributed by atoms with Gasteiger partial charge in [0.1, 0.15) is 5.82 Å². The molecule has 7 heteroatoms. The van der Waals surface area contributed by atoms with Crippen LogP contribution in [0.2, 0.25) is 0 Å². The highest BCUT2D eigenvalue weighted by atomic mass is 16.1. The fourth-order valence-corrected chi connectivity index (χ4v) is 4.33. The molecule has 0 saturated carbocycles. The van der Waals surface area contributed by atoms with Gasteiger partial charge in [-0.15, -0.1) is 0 Å². The lowest BCUT2D eigenvalue weighted by Crippen LogP contribution is -2.28. The number of hydrogen-bond acceptors (Lipinski definition) is 6. The largest absolute Gasteiger partial charge is 0.356 e. The van der Waals surface area contributed by atoms with E-state index in [-0.39, 0.29) is 5.91 Å². The number of aromatic nitrogens is 2. The van der Waals surface area contributed by atoms with E-state index in [4.69, 9.17) is 4.98 Å². The van der Waals surface area contributed by atoms with Crippen LogP contribution in [-0.4, -0.2) is 53.0 Å². The number of rotatable bonds is 6. The molecule has 1 unspecified atom stereocenters. The van der Waals surface area contributed by atoms with Crippen molar-refractivity contribution in [2.75, 3.05) is 41.7 Å². The minimum atomic E-state index is -0.0432. The van der Waals surface area contributed by atoms with E-state index in [0.29, 0.717) is 6.04 Å². The third-order valence-electron chi connectivity index (χ3n) is 5.86. The number of anilines is 3. The maximum atomic E-state index is 11.1. The second kappa shape index (κ2) is 9.89. The fraction of sp³-hybridized carbons (Fsp3) is 0.522. The first-order valence-electron chi connectivity index (χ1n) is 11.1. The molecule has 0 aliphatic carbocycles. The molecule has 1 aromatic carbocycles. The number of carbonyl (C=O) groups excluding carboxylic acids is 1. The average Bonchev–Trinajstić information content (AvgIpc) is 2.99. The van der Waals surface area contributed by atoms with Crippen LogP contribution in [-0.2, 0) is 11.3 Å². The summed E-state index contributed by atoms with van der Waals surface area (Å²) in [6.07, 6.45) is 8.09. The molecule has 2 fully saturated rings. The van der Waals surface area contributed by atoms with Crippen LogP contribution in [0.4, 0.5) is 17.5 Å². The van der Waals surface area contributed by atoms with Crippen molar-refractivity contribution in [1.29, 1.82) is 0 Å². The molecule has 30 heavy (non-hydrogen) atoms. The Morgan fingerprint density at radius 2 is 1.83 bits per heavy atom. The zero-order valence-electron chi connectivity index (χ0n) is 17.8. The van der Waals surface area contributed by atoms with E-state index in [1.807, 2.05) is 24.4 Å². The Morgan fingerprint density at radius 3 is 2.57 bits per heavy atom. The third kappa shape index (κ3) is 5.69. The molecule has 0 spiro atoms. The molecule has 2 aromatic rings. The van der Waals surface area contributed by atoms with Gasteiger partial charge in [-0.3, -0.25) is 9.69 Å². The second-order valence-corrected chi connectivity index (χ2v) is 8.38. The standard InChI is InChI=1S/C23H32N6O/c1-18(30)25-20-8-6-19(7-9-20)16-28-15-11-21(17-28)26-23-24-12-10-22(27-23)29-13-4-2-3-5-14-29/h6-10,12,21H,2-5,11,13-17H2,1H3,(H,25,30)(H,24,26,27). The Bertz CT molecular complexity index is 832. The molecule has 160 valence electrons. The second-order valence-electron chi connectivity index (χ2n) is 8.38. The van der Waals surface area contributed by atoms with Crippen LogP contribution in [0.15, 0.2) is 36.5 Å². The molecule has 1 amide bonds. The van der Waals surface area contributed by atoms with Crippen LogP contribution in [0.3, 0.4) is 0 Å². The summed E-state index contributed by atoms with van der Waals surface area (Å²) < 4.78 is 0. The Kier molecular flexibility index (Phi) is 6.79. The van der Waals surface area contributed by atoms with Crippen LogP contribution in [0, 0.1) is 0 Å². The first-order chi connectivity index (χ1) is 14.7. The number of hydrogen-bond donors (Lipinski definition) is 2. The molecule has 0 radical (unpaired) electrons. The van der Waals surface area contributed by atoms with E-state index < -0.39 is 0 Å². The van der Waals surface area contributed by atoms with Gasteiger partial charge in [0.05, 0.1) is 0 Å². The quantitative estimate of drug-likeness (QED) is 0.762. The first-order valence-corrected chi connectivity index (χ1v) is 11.1. The van der Waals surface area contributed by atoms with Crippen molar-refractivity contribution in [1.82, 2.24) is 14.9 Å². The Balaban J connectivity index is 1.29. The predicted molar refractivity (Wildman–Crippen MR) is 121 cm³/mol. The molecule has 2 aliphatic heterocycles. The van der Waals surface area contributed by atoms with Crippen molar-refractivity contribution in [3.63, 3.8) is 0 Å². The van der Waals surface area contributed by atoms with E-state index in [2.05, 4.69) is 37.6 Å². The van der Waals surface area contributed by atoms with Crippen molar-refractivity contribution < 1.29 is 4.79 Å². The summed E-state index contributed by atoms with van der Waals surface area (Å²) in [6.45, 7) is 6.65. The van der Waals surface area contributed by atoms with Gasteiger partial charge in [-0.1, -0.05) is 25.0 Å². The zero-order chi connectivity index (χ0) is 20.8. The van der Waals surface area contributed by atoms with Gasteiger partial charge in [0.2, 0.25) is 11.9 Å². The summed E-state index contributed by atoms with van der Waals surface area (Å²) in [6, 6.07) is 10.5. The molecule has 1 atom stereocenters. The smallest absolute Gasteiger partial charge is 0.224 e. The summed E-state index contributed by atoms with van der Waals surface area (Å²) in [5.74, 6) is 1.74. The van der Waals surface area contributed by atoms with Gasteiger partial charge in [0.15, 0.2) is 0 Å². The van der Waals surface area contributed by atoms with Crippen molar-refractivity contribution in [2.45, 2.75) is 51.6 Å². The van der Waals surface area contributed by atoms with Gasteiger partial charge < -0.3 is 15.5 Å². The lowest BCUT2D eigenvalue weighted by Gasteiger charge is -2.22. The monoisotopic (exact) mass is 408 g/mol. The number of carbonyl (C=O) groups is 1. The van der Waals surface area contributed by atoms with E-state index >= 15 is 0 Å². The van der Waals surface area contributed by atoms with E-state index in [1.165, 1.54) is 38.2 Å². The van der Waals surface area contributed by atoms with Crippen molar-refractivity contribution in [3.05, 3.63) is 42.1 Å². The van der Waals surface area contributed by atoms with Gasteiger partial charge in [-0.2, -0.15) is 4.98 Å². The summed E-state index contributed by atoms with van der Waals surface area (Å²) in [5, 5.41) is 6.36. The maximum Gasteiger partial charge on any atom is 0.224 e. The summed E-state index contributed by atoms with van der Waals surface area (Å²) in [7, 11) is 0. The minimum Gasteiger partial charge on any atom is -0.356 e. The number of likely N-dealkylation sites (tertiary alicyclic amines) is 1. The lowest BCUT2D eigenvalue weighted by molar-refractivity contribution is -0.114. The molecule has 2 saturated heterocycles. The maximum absolute atomic E-state index is 11.1. The number of benzene rings is 1. The Labute approximate surface area is 178 Å². The SMILES string of the molecule is CC(=O)Nc1ccc(CN2CCC(Nc3nccc(N4CCCCCC4)n3)C2)cc1. The lowest BCUT2D eigenvalue weighted by atomic mass is 10.2. The Hall–Kier alpha value is -2.67. The Morgan fingerprint density at radius 1 is 1.07 bits per heavy atom. The molecule has 0 bridgehead atoms. The van der Waals surface area contributed by atoms with Crippen molar-refractivity contribution >= 4 is 23.4 Å². The molecule has 2 N–H and O–H groups in total. The minimum absolute atomic E-state index is 0.0432. The highest BCUT2D eigenvalue weighted by Crippen LogP contribution is 2.21. The topological polar surface area (TPSA) is 73.4 Å². The van der Waals surface area contributed by atoms with E-state index in [0.717, 1.165) is 56.6 Å². The molecular formula is C23H32N6O. The number of amides is 1. The fourth-order valence-electron chi connectivity index (χ4n) is 4.33. The van der Waals surface area contributed by atoms with Crippen LogP contribution < -0.4 is 15.5 Å². The van der Waals surface area contributed by atoms with Crippen LogP contribution in [0.25, 0.3) is 0 Å². The molecule has 3 heterocycles. The molecule has 1 aromatic heterocycles. The van der Waals surface area contributed by atoms with Crippen molar-refractivity contribution in [2.24, 2.45) is 0 Å². The van der Waals surface area contributed by atoms with Crippen LogP contribution in [0.1, 0.15) is 44.6 Å². The third-order valence-corrected chi connectivity index (χ3v) is 5.86. The summed E-state index contributed by atoms with van der Waals surface area (Å²) >= 11 is 0. The van der Waals surface area contributed by atoms with Gasteiger partial charge in [0, 0.05) is 57.6 Å². The number of nitrogens with zero attached hydrogens (tertiary/aromatic N) is 4. The molecular weight excluding hydrogens is 376 g/mol. The normalized spacial score (nSPS) is 20.0. The number of nitrogens with one attached hydrogen (secondary N) is 2. The van der Waals surface area contributed by atoms with Crippen LogP contribution in [0.5, 0.6) is 0 Å². The highest BCUT2D eigenvalue weighted by Gasteiger charge is 2.23. The summed E-state index contributed by atoms with van der Waals surface area (Å²) in [4.78, 5) is 25.2. The zero-order valence-corrected chi connectivity index (χ0v) is 17.8. The molecule has 4 rings (SSSR count). The first kappa shape index (κ1) is 20.6. The van der Waals surface area contributed by atoms with Gasteiger partial charge in [0.25, 0.3) is 0 Å². The van der Waals surface area contributed by atoms with Gasteiger partial charge >= 0.3 is 0 Å². The van der Waals surface area contributed by atoms with E-state index in [9.17, 15) is 4.79 Å². The van der Waals surface area contributed by atoms with E-state index in [1.54, 1.807) is 0 Å². The van der Waals surface area contributed by atoms with Gasteiger partial charge in [-0.05, 0) is 43.0 Å². The molecule has 7 nitrogen and oxygen atoms in total.